The number of ether oxygens (including phenoxy) is 2. The molecule has 1 heterocycles. The van der Waals surface area contributed by atoms with Gasteiger partial charge in [-0.2, -0.15) is 9.97 Å². The Bertz CT molecular complexity index is 498. The van der Waals surface area contributed by atoms with Crippen molar-refractivity contribution >= 4 is 16.0 Å². The Kier molecular flexibility index (Phi) is 5.31. The van der Waals surface area contributed by atoms with Gasteiger partial charge in [-0.15, -0.1) is 0 Å². The van der Waals surface area contributed by atoms with Gasteiger partial charge in [0, 0.05) is 6.54 Å². The van der Waals surface area contributed by atoms with Crippen LogP contribution >= 0.6 is 0 Å². The summed E-state index contributed by atoms with van der Waals surface area (Å²) >= 11 is 0. The molecule has 0 aromatic carbocycles. The fourth-order valence-electron chi connectivity index (χ4n) is 1.28. The molecule has 0 radical (unpaired) electrons. The van der Waals surface area contributed by atoms with Gasteiger partial charge >= 0.3 is 0 Å². The second-order valence-corrected chi connectivity index (χ2v) is 5.89. The maximum Gasteiger partial charge on any atom is 0.243 e. The zero-order valence-corrected chi connectivity index (χ0v) is 12.1. The normalized spacial score (nSPS) is 12.8. The average molecular weight is 290 g/mol. The number of hydrogen-bond donors (Lipinski definition) is 2. The maximum absolute atomic E-state index is 12.0. The molecule has 0 aliphatic carbocycles. The molecule has 19 heavy (non-hydrogen) atoms. The summed E-state index contributed by atoms with van der Waals surface area (Å²) in [5.41, 5.74) is 0. The van der Waals surface area contributed by atoms with E-state index < -0.39 is 15.3 Å². The molecule has 0 aliphatic rings. The number of methoxy groups -OCH3 is 2. The van der Waals surface area contributed by atoms with Crippen LogP contribution in [0.15, 0.2) is 6.07 Å². The minimum absolute atomic E-state index is 0.0841. The largest absolute Gasteiger partial charge is 0.481 e. The third kappa shape index (κ3) is 4.21. The predicted octanol–water partition coefficient (Wildman–Crippen LogP) is -0.157. The van der Waals surface area contributed by atoms with Crippen LogP contribution in [-0.4, -0.2) is 51.4 Å². The Hall–Kier alpha value is -1.61. The molecule has 1 rings (SSSR count). The summed E-state index contributed by atoms with van der Waals surface area (Å²) in [6, 6.07) is 1.45. The molecule has 0 spiro atoms. The summed E-state index contributed by atoms with van der Waals surface area (Å²) in [4.78, 5) is 7.81. The molecule has 9 heteroatoms. The first kappa shape index (κ1) is 15.4. The molecule has 0 saturated carbocycles. The summed E-state index contributed by atoms with van der Waals surface area (Å²) in [6.45, 7) is 1.90. The summed E-state index contributed by atoms with van der Waals surface area (Å²) in [5.74, 6) is 0.343. The Morgan fingerprint density at radius 1 is 1.26 bits per heavy atom. The molecule has 1 unspecified atom stereocenters. The monoisotopic (exact) mass is 290 g/mol. The number of nitrogens with zero attached hydrogens (tertiary/aromatic N) is 2. The lowest BCUT2D eigenvalue weighted by molar-refractivity contribution is 0.373. The van der Waals surface area contributed by atoms with E-state index in [1.54, 1.807) is 14.0 Å². The topological polar surface area (TPSA) is 102 Å². The molecule has 0 saturated heterocycles. The van der Waals surface area contributed by atoms with Crippen molar-refractivity contribution in [3.63, 3.8) is 0 Å². The van der Waals surface area contributed by atoms with Gasteiger partial charge in [0.25, 0.3) is 0 Å². The van der Waals surface area contributed by atoms with Crippen LogP contribution < -0.4 is 19.5 Å². The van der Waals surface area contributed by atoms with Crippen LogP contribution in [0.3, 0.4) is 0 Å². The van der Waals surface area contributed by atoms with Crippen molar-refractivity contribution in [1.29, 1.82) is 0 Å². The third-order valence-electron chi connectivity index (χ3n) is 2.35. The van der Waals surface area contributed by atoms with E-state index in [9.17, 15) is 8.42 Å². The number of hydrogen-bond acceptors (Lipinski definition) is 7. The summed E-state index contributed by atoms with van der Waals surface area (Å²) in [6.07, 6.45) is 0. The van der Waals surface area contributed by atoms with Crippen molar-refractivity contribution in [2.24, 2.45) is 0 Å². The Morgan fingerprint density at radius 3 is 2.21 bits per heavy atom. The van der Waals surface area contributed by atoms with Gasteiger partial charge in [0.05, 0.1) is 25.5 Å². The molecule has 0 amide bonds. The number of anilines is 1. The number of sulfonamides is 1. The fourth-order valence-corrected chi connectivity index (χ4v) is 2.22. The SMILES string of the molecule is CNCC(C)S(=O)(=O)Nc1nc(OC)cc(OC)n1. The maximum atomic E-state index is 12.0. The van der Waals surface area contributed by atoms with Crippen LogP contribution in [0.4, 0.5) is 5.95 Å². The first-order valence-electron chi connectivity index (χ1n) is 5.56. The van der Waals surface area contributed by atoms with E-state index >= 15 is 0 Å². The van der Waals surface area contributed by atoms with Crippen molar-refractivity contribution in [2.75, 3.05) is 32.5 Å². The minimum Gasteiger partial charge on any atom is -0.481 e. The molecule has 108 valence electrons. The van der Waals surface area contributed by atoms with E-state index in [0.717, 1.165) is 0 Å². The highest BCUT2D eigenvalue weighted by Crippen LogP contribution is 2.18. The Balaban J connectivity index is 2.98. The first-order valence-corrected chi connectivity index (χ1v) is 7.11. The zero-order valence-electron chi connectivity index (χ0n) is 11.3. The highest BCUT2D eigenvalue weighted by Gasteiger charge is 2.21. The van der Waals surface area contributed by atoms with Gasteiger partial charge < -0.3 is 14.8 Å². The van der Waals surface area contributed by atoms with E-state index in [-0.39, 0.29) is 17.7 Å². The predicted molar refractivity (Wildman–Crippen MR) is 71.1 cm³/mol. The Morgan fingerprint density at radius 2 is 1.79 bits per heavy atom. The van der Waals surface area contributed by atoms with Gasteiger partial charge in [0.1, 0.15) is 0 Å². The van der Waals surface area contributed by atoms with Crippen molar-refractivity contribution in [2.45, 2.75) is 12.2 Å². The highest BCUT2D eigenvalue weighted by molar-refractivity contribution is 7.93. The van der Waals surface area contributed by atoms with E-state index in [1.165, 1.54) is 20.3 Å². The smallest absolute Gasteiger partial charge is 0.243 e. The van der Waals surface area contributed by atoms with E-state index in [0.29, 0.717) is 6.54 Å². The van der Waals surface area contributed by atoms with Gasteiger partial charge in [-0.25, -0.2) is 8.42 Å². The average Bonchev–Trinajstić information content (AvgIpc) is 2.37. The molecule has 2 N–H and O–H groups in total. The van der Waals surface area contributed by atoms with Crippen molar-refractivity contribution in [3.05, 3.63) is 6.07 Å². The lowest BCUT2D eigenvalue weighted by Crippen LogP contribution is -2.33. The summed E-state index contributed by atoms with van der Waals surface area (Å²) < 4.78 is 36.1. The molecule has 0 bridgehead atoms. The van der Waals surface area contributed by atoms with E-state index in [2.05, 4.69) is 20.0 Å². The van der Waals surface area contributed by atoms with Crippen LogP contribution in [0, 0.1) is 0 Å². The lowest BCUT2D eigenvalue weighted by Gasteiger charge is -2.14. The van der Waals surface area contributed by atoms with E-state index in [4.69, 9.17) is 9.47 Å². The van der Waals surface area contributed by atoms with Crippen molar-refractivity contribution in [3.8, 4) is 11.8 Å². The Labute approximate surface area is 112 Å². The second kappa shape index (κ2) is 6.53. The highest BCUT2D eigenvalue weighted by atomic mass is 32.2. The summed E-state index contributed by atoms with van der Waals surface area (Å²) in [5, 5.41) is 2.17. The fraction of sp³-hybridized carbons (Fsp3) is 0.600. The molecule has 8 nitrogen and oxygen atoms in total. The molecular formula is C10H18N4O4S. The van der Waals surface area contributed by atoms with Crippen LogP contribution in [-0.2, 0) is 10.0 Å². The zero-order chi connectivity index (χ0) is 14.5. The van der Waals surface area contributed by atoms with Crippen molar-refractivity contribution in [1.82, 2.24) is 15.3 Å². The number of nitrogens with one attached hydrogen (secondary N) is 2. The van der Waals surface area contributed by atoms with Crippen LogP contribution in [0.25, 0.3) is 0 Å². The van der Waals surface area contributed by atoms with Crippen LogP contribution in [0.1, 0.15) is 6.92 Å². The number of rotatable bonds is 7. The van der Waals surface area contributed by atoms with Crippen LogP contribution in [0.2, 0.25) is 0 Å². The van der Waals surface area contributed by atoms with Gasteiger partial charge in [-0.05, 0) is 14.0 Å². The van der Waals surface area contributed by atoms with Crippen LogP contribution in [0.5, 0.6) is 11.8 Å². The molecular weight excluding hydrogens is 272 g/mol. The molecule has 0 aliphatic heterocycles. The van der Waals surface area contributed by atoms with Gasteiger partial charge in [-0.1, -0.05) is 0 Å². The number of aromatic nitrogens is 2. The molecule has 1 aromatic rings. The molecule has 0 fully saturated rings. The first-order chi connectivity index (χ1) is 8.92. The van der Waals surface area contributed by atoms with Gasteiger partial charge in [0.2, 0.25) is 27.7 Å². The lowest BCUT2D eigenvalue weighted by atomic mass is 10.5. The standard InChI is InChI=1S/C10H18N4O4S/c1-7(6-11-2)19(15,16)14-10-12-8(17-3)5-9(13-10)18-4/h5,7,11H,6H2,1-4H3,(H,12,13,14). The second-order valence-electron chi connectivity index (χ2n) is 3.79. The molecule has 1 atom stereocenters. The van der Waals surface area contributed by atoms with E-state index in [1.807, 2.05) is 0 Å². The third-order valence-corrected chi connectivity index (χ3v) is 4.05. The van der Waals surface area contributed by atoms with Gasteiger partial charge in [-0.3, -0.25) is 4.72 Å². The van der Waals surface area contributed by atoms with Gasteiger partial charge in [0.15, 0.2) is 0 Å². The quantitative estimate of drug-likeness (QED) is 0.719. The molecule has 1 aromatic heterocycles. The minimum atomic E-state index is -3.57. The summed E-state index contributed by atoms with van der Waals surface area (Å²) in [7, 11) is 0.944. The van der Waals surface area contributed by atoms with Crippen molar-refractivity contribution < 1.29 is 17.9 Å².